The Bertz CT molecular complexity index is 388. The van der Waals surface area contributed by atoms with Gasteiger partial charge in [0.1, 0.15) is 0 Å². The molecule has 78 valence electrons. The van der Waals surface area contributed by atoms with Crippen molar-refractivity contribution in [3.05, 3.63) is 29.6 Å². The molecule has 0 atom stereocenters. The Labute approximate surface area is 89.3 Å². The van der Waals surface area contributed by atoms with E-state index in [0.717, 1.165) is 0 Å². The van der Waals surface area contributed by atoms with Crippen LogP contribution in [0.1, 0.15) is 24.8 Å². The molecule has 1 saturated carbocycles. The van der Waals surface area contributed by atoms with Crippen LogP contribution < -0.4 is 4.74 Å². The van der Waals surface area contributed by atoms with E-state index in [1.165, 1.54) is 25.3 Å². The Hall–Kier alpha value is -1.49. The highest BCUT2D eigenvalue weighted by Crippen LogP contribution is 2.27. The number of rotatable bonds is 3. The van der Waals surface area contributed by atoms with E-state index in [4.69, 9.17) is 11.2 Å². The predicted molar refractivity (Wildman–Crippen MR) is 57.2 cm³/mol. The summed E-state index contributed by atoms with van der Waals surface area (Å²) in [6, 6.07) is 4.62. The number of hydrogen-bond acceptors (Lipinski definition) is 1. The first-order valence-corrected chi connectivity index (χ1v) is 5.18. The molecule has 0 amide bonds. The predicted octanol–water partition coefficient (Wildman–Crippen LogP) is 2.99. The van der Waals surface area contributed by atoms with Gasteiger partial charge in [0, 0.05) is 5.56 Å². The Morgan fingerprint density at radius 2 is 2.27 bits per heavy atom. The average molecular weight is 204 g/mol. The van der Waals surface area contributed by atoms with Crippen LogP contribution in [0.2, 0.25) is 0 Å². The average Bonchev–Trinajstić information content (AvgIpc) is 2.18. The maximum Gasteiger partial charge on any atom is 0.166 e. The van der Waals surface area contributed by atoms with Gasteiger partial charge in [0.25, 0.3) is 0 Å². The van der Waals surface area contributed by atoms with Crippen LogP contribution in [0.4, 0.5) is 4.39 Å². The van der Waals surface area contributed by atoms with E-state index in [0.29, 0.717) is 23.8 Å². The second kappa shape index (κ2) is 4.35. The molecule has 0 aromatic heterocycles. The molecule has 2 rings (SSSR count). The van der Waals surface area contributed by atoms with Crippen molar-refractivity contribution in [1.29, 1.82) is 0 Å². The van der Waals surface area contributed by atoms with Gasteiger partial charge in [-0.05, 0) is 37.0 Å². The first-order chi connectivity index (χ1) is 7.29. The third-order valence-electron chi connectivity index (χ3n) is 2.80. The van der Waals surface area contributed by atoms with Crippen molar-refractivity contribution < 1.29 is 9.13 Å². The minimum Gasteiger partial charge on any atom is -0.490 e. The minimum atomic E-state index is -0.371. The van der Waals surface area contributed by atoms with Gasteiger partial charge in [-0.1, -0.05) is 12.3 Å². The van der Waals surface area contributed by atoms with Crippen LogP contribution in [-0.4, -0.2) is 6.61 Å². The highest BCUT2D eigenvalue weighted by Gasteiger charge is 2.18. The molecule has 0 bridgehead atoms. The van der Waals surface area contributed by atoms with Crippen LogP contribution in [0.3, 0.4) is 0 Å². The summed E-state index contributed by atoms with van der Waals surface area (Å²) in [7, 11) is 0. The largest absolute Gasteiger partial charge is 0.490 e. The fourth-order valence-electron chi connectivity index (χ4n) is 1.57. The van der Waals surface area contributed by atoms with E-state index >= 15 is 0 Å². The number of ether oxygens (including phenoxy) is 1. The second-order valence-electron chi connectivity index (χ2n) is 3.90. The Morgan fingerprint density at radius 3 is 2.80 bits per heavy atom. The van der Waals surface area contributed by atoms with Crippen molar-refractivity contribution in [2.75, 3.05) is 6.61 Å². The summed E-state index contributed by atoms with van der Waals surface area (Å²) in [6.07, 6.45) is 8.83. The Balaban J connectivity index is 1.98. The molecule has 15 heavy (non-hydrogen) atoms. The van der Waals surface area contributed by atoms with Gasteiger partial charge in [0.15, 0.2) is 11.6 Å². The molecule has 0 spiro atoms. The monoisotopic (exact) mass is 204 g/mol. The SMILES string of the molecule is C#Cc1ccc(OCC2CCC2)c(F)c1. The van der Waals surface area contributed by atoms with Crippen molar-refractivity contribution in [2.45, 2.75) is 19.3 Å². The number of halogens is 1. The van der Waals surface area contributed by atoms with E-state index in [1.807, 2.05) is 0 Å². The van der Waals surface area contributed by atoms with Crippen molar-refractivity contribution in [1.82, 2.24) is 0 Å². The zero-order chi connectivity index (χ0) is 10.7. The summed E-state index contributed by atoms with van der Waals surface area (Å²) >= 11 is 0. The fraction of sp³-hybridized carbons (Fsp3) is 0.385. The first-order valence-electron chi connectivity index (χ1n) is 5.18. The van der Waals surface area contributed by atoms with Gasteiger partial charge < -0.3 is 4.74 Å². The summed E-state index contributed by atoms with van der Waals surface area (Å²) in [5.74, 6) is 2.93. The first kappa shape index (κ1) is 10.0. The zero-order valence-corrected chi connectivity index (χ0v) is 8.50. The van der Waals surface area contributed by atoms with Gasteiger partial charge in [-0.25, -0.2) is 4.39 Å². The zero-order valence-electron chi connectivity index (χ0n) is 8.50. The molecule has 0 radical (unpaired) electrons. The highest BCUT2D eigenvalue weighted by atomic mass is 19.1. The van der Waals surface area contributed by atoms with Gasteiger partial charge in [-0.3, -0.25) is 0 Å². The van der Waals surface area contributed by atoms with E-state index in [-0.39, 0.29) is 5.82 Å². The molecular formula is C13H13FO. The quantitative estimate of drug-likeness (QED) is 0.688. The van der Waals surface area contributed by atoms with Gasteiger partial charge >= 0.3 is 0 Å². The third kappa shape index (κ3) is 2.30. The molecule has 0 aliphatic heterocycles. The lowest BCUT2D eigenvalue weighted by atomic mass is 9.86. The van der Waals surface area contributed by atoms with E-state index in [2.05, 4.69) is 5.92 Å². The van der Waals surface area contributed by atoms with Crippen LogP contribution >= 0.6 is 0 Å². The standard InChI is InChI=1S/C13H13FO/c1-2-10-6-7-13(12(14)8-10)15-9-11-4-3-5-11/h1,6-8,11H,3-5,9H2. The lowest BCUT2D eigenvalue weighted by molar-refractivity contribution is 0.175. The molecule has 1 aromatic carbocycles. The summed E-state index contributed by atoms with van der Waals surface area (Å²) in [6.45, 7) is 0.617. The molecule has 1 nitrogen and oxygen atoms in total. The fourth-order valence-corrected chi connectivity index (χ4v) is 1.57. The molecule has 1 aliphatic rings. The number of benzene rings is 1. The molecule has 0 N–H and O–H groups in total. The van der Waals surface area contributed by atoms with E-state index < -0.39 is 0 Å². The number of terminal acetylenes is 1. The highest BCUT2D eigenvalue weighted by molar-refractivity contribution is 5.37. The lowest BCUT2D eigenvalue weighted by Crippen LogP contribution is -2.19. The van der Waals surface area contributed by atoms with Crippen molar-refractivity contribution >= 4 is 0 Å². The molecule has 0 heterocycles. The molecule has 2 heteroatoms. The molecule has 0 saturated heterocycles. The van der Waals surface area contributed by atoms with Gasteiger partial charge in [-0.15, -0.1) is 6.42 Å². The van der Waals surface area contributed by atoms with Gasteiger partial charge in [0.05, 0.1) is 6.61 Å². The topological polar surface area (TPSA) is 9.23 Å². The normalized spacial score (nSPS) is 15.5. The molecule has 1 aliphatic carbocycles. The van der Waals surface area contributed by atoms with Gasteiger partial charge in [0.2, 0.25) is 0 Å². The molecule has 1 fully saturated rings. The summed E-state index contributed by atoms with van der Waals surface area (Å²) < 4.78 is 18.8. The van der Waals surface area contributed by atoms with Crippen molar-refractivity contribution in [3.63, 3.8) is 0 Å². The maximum atomic E-state index is 13.4. The summed E-state index contributed by atoms with van der Waals surface area (Å²) in [5, 5.41) is 0. The van der Waals surface area contributed by atoms with E-state index in [1.54, 1.807) is 12.1 Å². The van der Waals surface area contributed by atoms with Crippen molar-refractivity contribution in [3.8, 4) is 18.1 Å². The van der Waals surface area contributed by atoms with E-state index in [9.17, 15) is 4.39 Å². The summed E-state index contributed by atoms with van der Waals surface area (Å²) in [5.41, 5.74) is 0.545. The molecule has 1 aromatic rings. The Kier molecular flexibility index (Phi) is 2.91. The minimum absolute atomic E-state index is 0.306. The van der Waals surface area contributed by atoms with Crippen LogP contribution in [-0.2, 0) is 0 Å². The van der Waals surface area contributed by atoms with Crippen LogP contribution in [0.25, 0.3) is 0 Å². The number of hydrogen-bond donors (Lipinski definition) is 0. The molecule has 0 unspecified atom stereocenters. The summed E-state index contributed by atoms with van der Waals surface area (Å²) in [4.78, 5) is 0. The second-order valence-corrected chi connectivity index (χ2v) is 3.90. The third-order valence-corrected chi connectivity index (χ3v) is 2.80. The van der Waals surface area contributed by atoms with Crippen LogP contribution in [0.15, 0.2) is 18.2 Å². The molecular weight excluding hydrogens is 191 g/mol. The van der Waals surface area contributed by atoms with Crippen LogP contribution in [0, 0.1) is 24.1 Å². The lowest BCUT2D eigenvalue weighted by Gasteiger charge is -2.25. The Morgan fingerprint density at radius 1 is 1.47 bits per heavy atom. The maximum absolute atomic E-state index is 13.4. The van der Waals surface area contributed by atoms with Crippen LogP contribution in [0.5, 0.6) is 5.75 Å². The van der Waals surface area contributed by atoms with Crippen molar-refractivity contribution in [2.24, 2.45) is 5.92 Å². The smallest absolute Gasteiger partial charge is 0.166 e. The van der Waals surface area contributed by atoms with Gasteiger partial charge in [-0.2, -0.15) is 0 Å².